The summed E-state index contributed by atoms with van der Waals surface area (Å²) < 4.78 is 1.72. The molecule has 1 unspecified atom stereocenters. The Morgan fingerprint density at radius 1 is 1.50 bits per heavy atom. The minimum Gasteiger partial charge on any atom is -0.255 e. The van der Waals surface area contributed by atoms with E-state index in [0.29, 0.717) is 5.92 Å². The number of hydrogen-bond acceptors (Lipinski definition) is 2. The van der Waals surface area contributed by atoms with Crippen LogP contribution in [0.1, 0.15) is 25.5 Å². The van der Waals surface area contributed by atoms with Crippen molar-refractivity contribution in [2.75, 3.05) is 0 Å². The van der Waals surface area contributed by atoms with E-state index in [1.165, 1.54) is 0 Å². The van der Waals surface area contributed by atoms with Gasteiger partial charge in [-0.1, -0.05) is 19.1 Å². The first-order chi connectivity index (χ1) is 4.20. The zero-order valence-electron chi connectivity index (χ0n) is 6.70. The Kier molecular flexibility index (Phi) is 3.51. The summed E-state index contributed by atoms with van der Waals surface area (Å²) in [5, 5.41) is 7.73. The maximum absolute atomic E-state index is 3.93. The summed E-state index contributed by atoms with van der Waals surface area (Å²) >= 11 is 0. The fourth-order valence-electron chi connectivity index (χ4n) is 0.630. The van der Waals surface area contributed by atoms with Crippen molar-refractivity contribution in [3.63, 3.8) is 0 Å². The number of rotatable bonds is 1. The van der Waals surface area contributed by atoms with Gasteiger partial charge in [0.2, 0.25) is 0 Å². The lowest BCUT2D eigenvalue weighted by atomic mass is 10.2. The number of hydrogen-bond donors (Lipinski definition) is 0. The van der Waals surface area contributed by atoms with Crippen LogP contribution < -0.4 is 0 Å². The number of aryl methyl sites for hydroxylation is 1. The van der Waals surface area contributed by atoms with E-state index in [1.807, 2.05) is 13.2 Å². The molecule has 1 heterocycles. The molecular formula is C6H14N3P. The molecular weight excluding hydrogens is 145 g/mol. The number of nitrogens with zero attached hydrogens (tertiary/aromatic N) is 3. The summed E-state index contributed by atoms with van der Waals surface area (Å²) in [4.78, 5) is 0. The van der Waals surface area contributed by atoms with Crippen molar-refractivity contribution < 1.29 is 0 Å². The monoisotopic (exact) mass is 159 g/mol. The molecule has 0 saturated carbocycles. The molecule has 3 nitrogen and oxygen atoms in total. The van der Waals surface area contributed by atoms with Crippen molar-refractivity contribution in [2.45, 2.75) is 19.8 Å². The van der Waals surface area contributed by atoms with Crippen LogP contribution in [0.15, 0.2) is 6.20 Å². The van der Waals surface area contributed by atoms with Crippen molar-refractivity contribution in [3.05, 3.63) is 11.9 Å². The second kappa shape index (κ2) is 3.67. The molecule has 0 aromatic carbocycles. The largest absolute Gasteiger partial charge is 0.255 e. The highest BCUT2D eigenvalue weighted by Gasteiger charge is 2.00. The van der Waals surface area contributed by atoms with E-state index in [-0.39, 0.29) is 9.90 Å². The Morgan fingerprint density at radius 2 is 2.10 bits per heavy atom. The van der Waals surface area contributed by atoms with Crippen LogP contribution in [0.2, 0.25) is 0 Å². The van der Waals surface area contributed by atoms with E-state index in [4.69, 9.17) is 0 Å². The molecule has 0 bridgehead atoms. The van der Waals surface area contributed by atoms with Crippen LogP contribution in [0, 0.1) is 0 Å². The van der Waals surface area contributed by atoms with E-state index in [2.05, 4.69) is 24.2 Å². The van der Waals surface area contributed by atoms with Gasteiger partial charge in [0.05, 0.1) is 5.69 Å². The van der Waals surface area contributed by atoms with E-state index in [1.54, 1.807) is 4.68 Å². The zero-order chi connectivity index (χ0) is 6.85. The molecule has 0 aliphatic rings. The second-order valence-corrected chi connectivity index (χ2v) is 2.47. The average molecular weight is 159 g/mol. The highest BCUT2D eigenvalue weighted by atomic mass is 31.0. The normalized spacial score (nSPS) is 9.60. The van der Waals surface area contributed by atoms with Crippen LogP contribution in [0.5, 0.6) is 0 Å². The van der Waals surface area contributed by atoms with Crippen molar-refractivity contribution in [3.8, 4) is 0 Å². The minimum atomic E-state index is 0. The van der Waals surface area contributed by atoms with Gasteiger partial charge in [0, 0.05) is 13.2 Å². The third-order valence-electron chi connectivity index (χ3n) is 1.21. The van der Waals surface area contributed by atoms with Gasteiger partial charge in [-0.3, -0.25) is 4.68 Å². The third-order valence-corrected chi connectivity index (χ3v) is 1.21. The number of aromatic nitrogens is 3. The molecule has 0 amide bonds. The van der Waals surface area contributed by atoms with Crippen LogP contribution in [-0.4, -0.2) is 15.0 Å². The Labute approximate surface area is 64.4 Å². The summed E-state index contributed by atoms with van der Waals surface area (Å²) in [5.74, 6) is 0.485. The standard InChI is InChI=1S/C6H11N3.H3P/c1-5(2)6-4-9(3)8-7-6;/h4-5H,1-3H3;1H3. The summed E-state index contributed by atoms with van der Waals surface area (Å²) in [6.45, 7) is 4.20. The predicted octanol–water partition coefficient (Wildman–Crippen LogP) is 0.997. The molecule has 0 fully saturated rings. The second-order valence-electron chi connectivity index (χ2n) is 2.47. The highest BCUT2D eigenvalue weighted by Crippen LogP contribution is 2.07. The Hall–Kier alpha value is -0.430. The molecule has 58 valence electrons. The van der Waals surface area contributed by atoms with Crippen molar-refractivity contribution in [2.24, 2.45) is 7.05 Å². The molecule has 0 spiro atoms. The maximum atomic E-state index is 3.93. The van der Waals surface area contributed by atoms with Gasteiger partial charge in [-0.05, 0) is 5.92 Å². The summed E-state index contributed by atoms with van der Waals surface area (Å²) in [7, 11) is 1.87. The van der Waals surface area contributed by atoms with Crippen LogP contribution in [0.4, 0.5) is 0 Å². The molecule has 0 aliphatic carbocycles. The average Bonchev–Trinajstić information content (AvgIpc) is 2.14. The molecule has 1 aromatic heterocycles. The maximum Gasteiger partial charge on any atom is 0.0852 e. The minimum absolute atomic E-state index is 0. The molecule has 1 atom stereocenters. The molecule has 0 saturated heterocycles. The zero-order valence-corrected chi connectivity index (χ0v) is 8.12. The van der Waals surface area contributed by atoms with Crippen LogP contribution in [0.3, 0.4) is 0 Å². The van der Waals surface area contributed by atoms with Crippen molar-refractivity contribution in [1.82, 2.24) is 15.0 Å². The first kappa shape index (κ1) is 9.57. The molecule has 0 aliphatic heterocycles. The SMILES string of the molecule is CC(C)c1cn(C)nn1.P. The van der Waals surface area contributed by atoms with Crippen LogP contribution in [-0.2, 0) is 7.05 Å². The van der Waals surface area contributed by atoms with Gasteiger partial charge in [0.25, 0.3) is 0 Å². The molecule has 10 heavy (non-hydrogen) atoms. The van der Waals surface area contributed by atoms with E-state index in [0.717, 1.165) is 5.69 Å². The fourth-order valence-corrected chi connectivity index (χ4v) is 0.630. The van der Waals surface area contributed by atoms with E-state index >= 15 is 0 Å². The Balaban J connectivity index is 0.000000810. The Morgan fingerprint density at radius 3 is 2.30 bits per heavy atom. The van der Waals surface area contributed by atoms with Crippen LogP contribution >= 0.6 is 9.90 Å². The van der Waals surface area contributed by atoms with Gasteiger partial charge in [-0.2, -0.15) is 9.90 Å². The van der Waals surface area contributed by atoms with Gasteiger partial charge in [-0.15, -0.1) is 5.10 Å². The van der Waals surface area contributed by atoms with Crippen LogP contribution in [0.25, 0.3) is 0 Å². The van der Waals surface area contributed by atoms with Crippen molar-refractivity contribution >= 4 is 9.90 Å². The van der Waals surface area contributed by atoms with Gasteiger partial charge in [-0.25, -0.2) is 0 Å². The smallest absolute Gasteiger partial charge is 0.0852 e. The lowest BCUT2D eigenvalue weighted by molar-refractivity contribution is 0.710. The predicted molar refractivity (Wildman–Crippen MR) is 46.2 cm³/mol. The fraction of sp³-hybridized carbons (Fsp3) is 0.667. The molecule has 4 heteroatoms. The summed E-state index contributed by atoms with van der Waals surface area (Å²) in [5.41, 5.74) is 1.05. The molecule has 0 radical (unpaired) electrons. The highest BCUT2D eigenvalue weighted by molar-refractivity contribution is 6.92. The first-order valence-corrected chi connectivity index (χ1v) is 3.06. The van der Waals surface area contributed by atoms with Crippen molar-refractivity contribution in [1.29, 1.82) is 0 Å². The summed E-state index contributed by atoms with van der Waals surface area (Å²) in [6.07, 6.45) is 1.94. The van der Waals surface area contributed by atoms with E-state index < -0.39 is 0 Å². The van der Waals surface area contributed by atoms with Gasteiger partial charge < -0.3 is 0 Å². The van der Waals surface area contributed by atoms with Gasteiger partial charge in [0.15, 0.2) is 0 Å². The molecule has 1 aromatic rings. The molecule has 1 rings (SSSR count). The quantitative estimate of drug-likeness (QED) is 0.572. The van der Waals surface area contributed by atoms with Gasteiger partial charge in [0.1, 0.15) is 0 Å². The third kappa shape index (κ3) is 2.07. The first-order valence-electron chi connectivity index (χ1n) is 3.06. The van der Waals surface area contributed by atoms with Gasteiger partial charge >= 0.3 is 0 Å². The lowest BCUT2D eigenvalue weighted by Gasteiger charge is -1.93. The topological polar surface area (TPSA) is 30.7 Å². The van der Waals surface area contributed by atoms with E-state index in [9.17, 15) is 0 Å². The lowest BCUT2D eigenvalue weighted by Crippen LogP contribution is -1.85. The molecule has 0 N–H and O–H groups in total. The Bertz CT molecular complexity index is 195. The summed E-state index contributed by atoms with van der Waals surface area (Å²) in [6, 6.07) is 0.